The Morgan fingerprint density at radius 3 is 2.38 bits per heavy atom. The van der Waals surface area contributed by atoms with Crippen molar-refractivity contribution in [1.82, 2.24) is 4.57 Å². The van der Waals surface area contributed by atoms with E-state index in [4.69, 9.17) is 9.88 Å². The number of methoxy groups -OCH3 is 1. The Hall–Kier alpha value is -2.66. The maximum absolute atomic E-state index is 12.6. The van der Waals surface area contributed by atoms with Gasteiger partial charge in [0.15, 0.2) is 10.6 Å². The fraction of sp³-hybridized carbons (Fsp3) is 0.211. The lowest BCUT2D eigenvalue weighted by Crippen LogP contribution is -2.19. The van der Waals surface area contributed by atoms with Gasteiger partial charge in [-0.25, -0.2) is 13.6 Å². The lowest BCUT2D eigenvalue weighted by Gasteiger charge is -2.05. The summed E-state index contributed by atoms with van der Waals surface area (Å²) in [7, 11) is -2.28. The molecule has 1 heterocycles. The zero-order valence-electron chi connectivity index (χ0n) is 15.8. The molecule has 2 N–H and O–H groups in total. The maximum atomic E-state index is 12.6. The van der Waals surface area contributed by atoms with E-state index < -0.39 is 15.9 Å². The second kappa shape index (κ2) is 8.37. The molecule has 0 aliphatic carbocycles. The van der Waals surface area contributed by atoms with Crippen LogP contribution in [0.25, 0.3) is 10.2 Å². The first-order valence-electron chi connectivity index (χ1n) is 8.56. The molecule has 8 nitrogen and oxygen atoms in total. The van der Waals surface area contributed by atoms with E-state index in [1.165, 1.54) is 30.4 Å². The highest BCUT2D eigenvalue weighted by molar-refractivity contribution is 7.89. The van der Waals surface area contributed by atoms with E-state index >= 15 is 0 Å². The number of benzene rings is 2. The molecule has 0 saturated heterocycles. The second-order valence-corrected chi connectivity index (χ2v) is 8.82. The van der Waals surface area contributed by atoms with E-state index in [9.17, 15) is 18.0 Å². The maximum Gasteiger partial charge on any atom is 0.279 e. The van der Waals surface area contributed by atoms with Gasteiger partial charge in [0.1, 0.15) is 0 Å². The van der Waals surface area contributed by atoms with Gasteiger partial charge in [-0.1, -0.05) is 23.5 Å². The van der Waals surface area contributed by atoms with Crippen molar-refractivity contribution in [3.8, 4) is 0 Å². The van der Waals surface area contributed by atoms with Crippen molar-refractivity contribution < 1.29 is 22.7 Å². The Morgan fingerprint density at radius 1 is 1.14 bits per heavy atom. The third-order valence-corrected chi connectivity index (χ3v) is 6.19. The largest absolute Gasteiger partial charge is 0.383 e. The number of sulfonamides is 1. The van der Waals surface area contributed by atoms with Crippen LogP contribution < -0.4 is 9.94 Å². The molecule has 0 spiro atoms. The number of thiazole rings is 1. The molecule has 0 aliphatic heterocycles. The quantitative estimate of drug-likeness (QED) is 0.596. The van der Waals surface area contributed by atoms with Crippen molar-refractivity contribution in [2.45, 2.75) is 18.4 Å². The summed E-state index contributed by atoms with van der Waals surface area (Å²) in [6.45, 7) is 2.27. The van der Waals surface area contributed by atoms with Gasteiger partial charge in [0, 0.05) is 24.8 Å². The van der Waals surface area contributed by atoms with Crippen LogP contribution in [0.1, 0.15) is 27.6 Å². The smallest absolute Gasteiger partial charge is 0.279 e. The molecule has 0 fully saturated rings. The van der Waals surface area contributed by atoms with Crippen LogP contribution in [-0.4, -0.2) is 38.4 Å². The van der Waals surface area contributed by atoms with Crippen LogP contribution in [0.15, 0.2) is 52.4 Å². The molecule has 0 atom stereocenters. The van der Waals surface area contributed by atoms with Crippen molar-refractivity contribution in [2.24, 2.45) is 10.1 Å². The monoisotopic (exact) mass is 433 g/mol. The average Bonchev–Trinajstić information content (AvgIpc) is 3.01. The van der Waals surface area contributed by atoms with E-state index in [1.807, 2.05) is 0 Å². The standard InChI is InChI=1S/C19H19N3O5S2/c1-12(23)13-3-5-14(6-4-13)18(24)21-19-22(9-10-27-2)16-8-7-15(29(20,25)26)11-17(16)28-19/h3-8,11H,9-10H2,1-2H3,(H2,20,25,26). The predicted molar refractivity (Wildman–Crippen MR) is 109 cm³/mol. The normalized spacial score (nSPS) is 12.4. The Balaban J connectivity index is 2.10. The third kappa shape index (κ3) is 4.67. The number of fused-ring (bicyclic) bond motifs is 1. The molecule has 3 rings (SSSR count). The molecule has 10 heteroatoms. The van der Waals surface area contributed by atoms with Crippen LogP contribution in [0, 0.1) is 0 Å². The van der Waals surface area contributed by atoms with E-state index in [0.717, 1.165) is 5.52 Å². The number of hydrogen-bond donors (Lipinski definition) is 1. The number of nitrogens with two attached hydrogens (primary N) is 1. The van der Waals surface area contributed by atoms with Crippen LogP contribution in [0.3, 0.4) is 0 Å². The lowest BCUT2D eigenvalue weighted by atomic mass is 10.1. The number of primary sulfonamides is 1. The van der Waals surface area contributed by atoms with Crippen molar-refractivity contribution in [2.75, 3.05) is 13.7 Å². The first-order valence-corrected chi connectivity index (χ1v) is 10.9. The van der Waals surface area contributed by atoms with Gasteiger partial charge in [-0.05, 0) is 37.3 Å². The van der Waals surface area contributed by atoms with Crippen molar-refractivity contribution in [3.05, 3.63) is 58.4 Å². The highest BCUT2D eigenvalue weighted by Crippen LogP contribution is 2.21. The van der Waals surface area contributed by atoms with Crippen LogP contribution in [0.2, 0.25) is 0 Å². The third-order valence-electron chi connectivity index (χ3n) is 4.24. The van der Waals surface area contributed by atoms with Gasteiger partial charge >= 0.3 is 0 Å². The second-order valence-electron chi connectivity index (χ2n) is 6.25. The van der Waals surface area contributed by atoms with Gasteiger partial charge < -0.3 is 9.30 Å². The van der Waals surface area contributed by atoms with Crippen molar-refractivity contribution in [1.29, 1.82) is 0 Å². The number of amides is 1. The van der Waals surface area contributed by atoms with Gasteiger partial charge in [0.05, 0.1) is 21.7 Å². The van der Waals surface area contributed by atoms with Crippen LogP contribution >= 0.6 is 11.3 Å². The number of nitrogens with zero attached hydrogens (tertiary/aromatic N) is 2. The molecule has 29 heavy (non-hydrogen) atoms. The molecular weight excluding hydrogens is 414 g/mol. The molecule has 1 amide bonds. The fourth-order valence-electron chi connectivity index (χ4n) is 2.71. The van der Waals surface area contributed by atoms with Crippen LogP contribution in [0.4, 0.5) is 0 Å². The van der Waals surface area contributed by atoms with Crippen molar-refractivity contribution >= 4 is 43.3 Å². The molecule has 0 aliphatic rings. The zero-order valence-corrected chi connectivity index (χ0v) is 17.4. The summed E-state index contributed by atoms with van der Waals surface area (Å²) in [6.07, 6.45) is 0. The average molecular weight is 434 g/mol. The van der Waals surface area contributed by atoms with Gasteiger partial charge in [0.2, 0.25) is 10.0 Å². The van der Waals surface area contributed by atoms with E-state index in [2.05, 4.69) is 4.99 Å². The highest BCUT2D eigenvalue weighted by Gasteiger charge is 2.14. The van der Waals surface area contributed by atoms with Gasteiger partial charge in [-0.2, -0.15) is 4.99 Å². The molecule has 1 aromatic heterocycles. The number of carbonyl (C=O) groups is 2. The molecule has 0 saturated carbocycles. The molecule has 152 valence electrons. The molecule has 2 aromatic carbocycles. The number of ether oxygens (including phenoxy) is 1. The summed E-state index contributed by atoms with van der Waals surface area (Å²) in [5.74, 6) is -0.557. The number of carbonyl (C=O) groups excluding carboxylic acids is 2. The summed E-state index contributed by atoms with van der Waals surface area (Å²) < 4.78 is 30.8. The Bertz CT molecular complexity index is 1260. The molecule has 0 radical (unpaired) electrons. The first-order chi connectivity index (χ1) is 13.7. The molecule has 0 bridgehead atoms. The first kappa shape index (κ1) is 21.1. The minimum absolute atomic E-state index is 0.0113. The summed E-state index contributed by atoms with van der Waals surface area (Å²) in [6, 6.07) is 10.8. The Kier molecular flexibility index (Phi) is 6.08. The van der Waals surface area contributed by atoms with Gasteiger partial charge in [0.25, 0.3) is 5.91 Å². The predicted octanol–water partition coefficient (Wildman–Crippen LogP) is 1.94. The molecule has 3 aromatic rings. The topological polar surface area (TPSA) is 121 Å². The number of Topliss-reactive ketones (excluding diaryl/α,β-unsaturated/α-hetero) is 1. The SMILES string of the molecule is COCCn1c(=NC(=O)c2ccc(C(C)=O)cc2)sc2cc(S(N)(=O)=O)ccc21. The Morgan fingerprint density at radius 2 is 1.79 bits per heavy atom. The summed E-state index contributed by atoms with van der Waals surface area (Å²) >= 11 is 1.18. The fourth-order valence-corrected chi connectivity index (χ4v) is 4.42. The number of hydrogen-bond acceptors (Lipinski definition) is 6. The van der Waals surface area contributed by atoms with E-state index in [1.54, 1.807) is 42.0 Å². The zero-order chi connectivity index (χ0) is 21.2. The van der Waals surface area contributed by atoms with E-state index in [0.29, 0.717) is 33.8 Å². The van der Waals surface area contributed by atoms with Crippen LogP contribution in [0.5, 0.6) is 0 Å². The molecular formula is C19H19N3O5S2. The minimum atomic E-state index is -3.84. The summed E-state index contributed by atoms with van der Waals surface area (Å²) in [5, 5.41) is 5.21. The lowest BCUT2D eigenvalue weighted by molar-refractivity contribution is 0.0991. The van der Waals surface area contributed by atoms with Gasteiger partial charge in [-0.15, -0.1) is 0 Å². The number of rotatable bonds is 6. The molecule has 0 unspecified atom stereocenters. The Labute approximate surface area is 171 Å². The summed E-state index contributed by atoms with van der Waals surface area (Å²) in [5.41, 5.74) is 1.57. The number of ketones is 1. The van der Waals surface area contributed by atoms with Crippen molar-refractivity contribution in [3.63, 3.8) is 0 Å². The highest BCUT2D eigenvalue weighted by atomic mass is 32.2. The summed E-state index contributed by atoms with van der Waals surface area (Å²) in [4.78, 5) is 28.6. The number of aromatic nitrogens is 1. The minimum Gasteiger partial charge on any atom is -0.383 e. The van der Waals surface area contributed by atoms with Gasteiger partial charge in [-0.3, -0.25) is 9.59 Å². The van der Waals surface area contributed by atoms with Crippen LogP contribution in [-0.2, 0) is 21.3 Å². The van der Waals surface area contributed by atoms with E-state index in [-0.39, 0.29) is 10.7 Å².